The molecular formula is C14H9N5O4S. The van der Waals surface area contributed by atoms with Gasteiger partial charge in [0.25, 0.3) is 11.2 Å². The number of nitrogens with zero attached hydrogens (tertiary/aromatic N) is 2. The highest BCUT2D eigenvalue weighted by atomic mass is 32.1. The van der Waals surface area contributed by atoms with Crippen molar-refractivity contribution < 1.29 is 9.66 Å². The van der Waals surface area contributed by atoms with Gasteiger partial charge in [0.05, 0.1) is 16.4 Å². The molecule has 0 saturated carbocycles. The standard InChI is InChI=1S/C14H9N5O4S/c15-5-7-9(6-3-1-2-4-8(6)19(21)22)10-12(20)17-14(24)18-13(10)23-11(7)16/h1-4,9H,16H2,(H2,17,18,20,24)/t9-/m0/s1. The van der Waals surface area contributed by atoms with Gasteiger partial charge >= 0.3 is 0 Å². The largest absolute Gasteiger partial charge is 0.424 e. The third kappa shape index (κ3) is 2.33. The zero-order valence-corrected chi connectivity index (χ0v) is 12.7. The molecular weight excluding hydrogens is 334 g/mol. The summed E-state index contributed by atoms with van der Waals surface area (Å²) in [5, 5.41) is 20.7. The van der Waals surface area contributed by atoms with Crippen LogP contribution in [0.4, 0.5) is 5.69 Å². The van der Waals surface area contributed by atoms with E-state index in [1.54, 1.807) is 6.07 Å². The monoisotopic (exact) mass is 343 g/mol. The first kappa shape index (κ1) is 15.4. The zero-order chi connectivity index (χ0) is 17.4. The van der Waals surface area contributed by atoms with Gasteiger partial charge in [0.15, 0.2) is 4.77 Å². The number of nitro benzene ring substituents is 1. The van der Waals surface area contributed by atoms with Gasteiger partial charge in [-0.1, -0.05) is 18.2 Å². The molecule has 0 aliphatic carbocycles. The van der Waals surface area contributed by atoms with Crippen molar-refractivity contribution in [1.82, 2.24) is 9.97 Å². The Morgan fingerprint density at radius 1 is 1.38 bits per heavy atom. The Balaban J connectivity index is 2.39. The van der Waals surface area contributed by atoms with Crippen LogP contribution in [-0.2, 0) is 0 Å². The van der Waals surface area contributed by atoms with Gasteiger partial charge in [0.2, 0.25) is 11.8 Å². The molecule has 1 aromatic heterocycles. The number of nitrogens with one attached hydrogen (secondary N) is 2. The van der Waals surface area contributed by atoms with Crippen molar-refractivity contribution in [3.05, 3.63) is 72.1 Å². The molecule has 2 heterocycles. The topological polar surface area (TPSA) is 151 Å². The number of hydrogen-bond acceptors (Lipinski definition) is 7. The van der Waals surface area contributed by atoms with Crippen molar-refractivity contribution in [3.63, 3.8) is 0 Å². The molecule has 1 aliphatic rings. The van der Waals surface area contributed by atoms with Crippen molar-refractivity contribution in [2.75, 3.05) is 0 Å². The number of aromatic nitrogens is 2. The van der Waals surface area contributed by atoms with Gasteiger partial charge in [0, 0.05) is 11.6 Å². The first-order valence-corrected chi connectivity index (χ1v) is 7.02. The molecule has 3 rings (SSSR count). The normalized spacial score (nSPS) is 16.0. The summed E-state index contributed by atoms with van der Waals surface area (Å²) in [4.78, 5) is 28.1. The number of nitrogens with two attached hydrogens (primary N) is 1. The number of H-pyrrole nitrogens is 2. The fourth-order valence-corrected chi connectivity index (χ4v) is 2.78. The fourth-order valence-electron chi connectivity index (χ4n) is 2.60. The maximum absolute atomic E-state index is 12.4. The molecule has 0 saturated heterocycles. The van der Waals surface area contributed by atoms with Gasteiger partial charge in [-0.05, 0) is 12.2 Å². The molecule has 0 amide bonds. The van der Waals surface area contributed by atoms with Crippen LogP contribution in [0.5, 0.6) is 5.88 Å². The number of hydrogen-bond donors (Lipinski definition) is 3. The van der Waals surface area contributed by atoms with Crippen molar-refractivity contribution in [2.24, 2.45) is 5.73 Å². The van der Waals surface area contributed by atoms with Crippen LogP contribution in [0.25, 0.3) is 0 Å². The molecule has 10 heteroatoms. The van der Waals surface area contributed by atoms with E-state index in [0.717, 1.165) is 0 Å². The number of nitro groups is 1. The maximum Gasteiger partial charge on any atom is 0.273 e. The second kappa shape index (κ2) is 5.64. The average molecular weight is 343 g/mol. The number of nitriles is 1. The number of ether oxygens (including phenoxy) is 1. The van der Waals surface area contributed by atoms with Crippen LogP contribution in [-0.4, -0.2) is 14.9 Å². The van der Waals surface area contributed by atoms with E-state index in [1.165, 1.54) is 18.2 Å². The predicted octanol–water partition coefficient (Wildman–Crippen LogP) is 1.56. The quantitative estimate of drug-likeness (QED) is 0.425. The fraction of sp³-hybridized carbons (Fsp3) is 0.0714. The Bertz CT molecular complexity index is 1050. The number of allylic oxidation sites excluding steroid dienone is 1. The molecule has 0 bridgehead atoms. The predicted molar refractivity (Wildman–Crippen MR) is 84.6 cm³/mol. The summed E-state index contributed by atoms with van der Waals surface area (Å²) in [5.74, 6) is -1.33. The van der Waals surface area contributed by atoms with Crippen LogP contribution in [0.2, 0.25) is 0 Å². The van der Waals surface area contributed by atoms with Gasteiger partial charge in [0.1, 0.15) is 11.6 Å². The molecule has 1 atom stereocenters. The van der Waals surface area contributed by atoms with Crippen LogP contribution < -0.4 is 16.0 Å². The van der Waals surface area contributed by atoms with Crippen molar-refractivity contribution >= 4 is 17.9 Å². The third-order valence-corrected chi connectivity index (χ3v) is 3.77. The zero-order valence-electron chi connectivity index (χ0n) is 11.9. The highest BCUT2D eigenvalue weighted by Gasteiger charge is 2.37. The molecule has 2 aromatic rings. The van der Waals surface area contributed by atoms with Gasteiger partial charge < -0.3 is 15.5 Å². The van der Waals surface area contributed by atoms with Crippen molar-refractivity contribution in [1.29, 1.82) is 5.26 Å². The van der Waals surface area contributed by atoms with E-state index in [-0.39, 0.29) is 38.9 Å². The minimum Gasteiger partial charge on any atom is -0.424 e. The van der Waals surface area contributed by atoms with Gasteiger partial charge in [-0.25, -0.2) is 0 Å². The summed E-state index contributed by atoms with van der Waals surface area (Å²) >= 11 is 4.88. The second-order valence-electron chi connectivity index (χ2n) is 4.89. The number of aromatic amines is 2. The molecule has 0 fully saturated rings. The molecule has 9 nitrogen and oxygen atoms in total. The molecule has 24 heavy (non-hydrogen) atoms. The van der Waals surface area contributed by atoms with Crippen LogP contribution in [0, 0.1) is 26.2 Å². The van der Waals surface area contributed by atoms with E-state index in [0.29, 0.717) is 0 Å². The molecule has 0 unspecified atom stereocenters. The summed E-state index contributed by atoms with van der Waals surface area (Å²) < 4.78 is 5.28. The first-order valence-electron chi connectivity index (χ1n) is 6.61. The summed E-state index contributed by atoms with van der Waals surface area (Å²) in [7, 11) is 0. The Hall–Kier alpha value is -3.45. The molecule has 1 aliphatic heterocycles. The van der Waals surface area contributed by atoms with E-state index in [4.69, 9.17) is 22.7 Å². The molecule has 0 radical (unpaired) electrons. The van der Waals surface area contributed by atoms with E-state index < -0.39 is 16.4 Å². The second-order valence-corrected chi connectivity index (χ2v) is 5.30. The molecule has 4 N–H and O–H groups in total. The van der Waals surface area contributed by atoms with Crippen LogP contribution in [0.1, 0.15) is 17.0 Å². The van der Waals surface area contributed by atoms with Crippen molar-refractivity contribution in [2.45, 2.75) is 5.92 Å². The van der Waals surface area contributed by atoms with Gasteiger partial charge in [-0.2, -0.15) is 5.26 Å². The Labute approximate surface area is 139 Å². The lowest BCUT2D eigenvalue weighted by Crippen LogP contribution is -2.29. The lowest BCUT2D eigenvalue weighted by atomic mass is 9.84. The average Bonchev–Trinajstić information content (AvgIpc) is 2.53. The SMILES string of the molecule is N#CC1=C(N)Oc2[nH]c(=S)[nH]c(=O)c2[C@H]1c1ccccc1[N+](=O)[O-]. The number of benzene rings is 1. The van der Waals surface area contributed by atoms with E-state index >= 15 is 0 Å². The number of para-hydroxylation sites is 1. The Kier molecular flexibility index (Phi) is 3.63. The van der Waals surface area contributed by atoms with E-state index in [1.807, 2.05) is 6.07 Å². The molecule has 1 aromatic carbocycles. The summed E-state index contributed by atoms with van der Waals surface area (Å²) in [6.45, 7) is 0. The van der Waals surface area contributed by atoms with Crippen LogP contribution in [0.15, 0.2) is 40.5 Å². The van der Waals surface area contributed by atoms with E-state index in [2.05, 4.69) is 9.97 Å². The van der Waals surface area contributed by atoms with E-state index in [9.17, 15) is 20.2 Å². The van der Waals surface area contributed by atoms with Gasteiger partial charge in [-0.3, -0.25) is 19.9 Å². The lowest BCUT2D eigenvalue weighted by Gasteiger charge is -2.24. The highest BCUT2D eigenvalue weighted by molar-refractivity contribution is 7.71. The summed E-state index contributed by atoms with van der Waals surface area (Å²) in [6, 6.07) is 7.68. The molecule has 120 valence electrons. The van der Waals surface area contributed by atoms with Gasteiger partial charge in [-0.15, -0.1) is 0 Å². The highest BCUT2D eigenvalue weighted by Crippen LogP contribution is 2.41. The smallest absolute Gasteiger partial charge is 0.273 e. The number of fused-ring (bicyclic) bond motifs is 1. The summed E-state index contributed by atoms with van der Waals surface area (Å²) in [6.07, 6.45) is 0. The Morgan fingerprint density at radius 2 is 2.08 bits per heavy atom. The minimum atomic E-state index is -1.05. The lowest BCUT2D eigenvalue weighted by molar-refractivity contribution is -0.385. The maximum atomic E-state index is 12.4. The Morgan fingerprint density at radius 3 is 2.75 bits per heavy atom. The third-order valence-electron chi connectivity index (χ3n) is 3.56. The van der Waals surface area contributed by atoms with Crippen molar-refractivity contribution in [3.8, 4) is 11.9 Å². The molecule has 0 spiro atoms. The minimum absolute atomic E-state index is 0.00338. The van der Waals surface area contributed by atoms with Crippen LogP contribution in [0.3, 0.4) is 0 Å². The first-order chi connectivity index (χ1) is 11.4. The number of rotatable bonds is 2. The van der Waals surface area contributed by atoms with Crippen LogP contribution >= 0.6 is 12.2 Å². The summed E-state index contributed by atoms with van der Waals surface area (Å²) in [5.41, 5.74) is 4.97.